The van der Waals surface area contributed by atoms with Crippen LogP contribution in [0, 0.1) is 6.92 Å². The number of benzene rings is 1. The molecule has 1 aromatic carbocycles. The lowest BCUT2D eigenvalue weighted by Crippen LogP contribution is -2.20. The fourth-order valence-electron chi connectivity index (χ4n) is 4.26. The maximum Gasteiger partial charge on any atom is 0.256 e. The van der Waals surface area contributed by atoms with E-state index in [1.165, 1.54) is 0 Å². The van der Waals surface area contributed by atoms with Gasteiger partial charge in [0, 0.05) is 43.4 Å². The van der Waals surface area contributed by atoms with E-state index in [0.29, 0.717) is 24.5 Å². The second-order valence-electron chi connectivity index (χ2n) is 8.94. The summed E-state index contributed by atoms with van der Waals surface area (Å²) in [6.45, 7) is 7.50. The minimum absolute atomic E-state index is 0.0104. The van der Waals surface area contributed by atoms with E-state index in [9.17, 15) is 4.79 Å². The van der Waals surface area contributed by atoms with Crippen molar-refractivity contribution in [1.29, 1.82) is 0 Å². The highest BCUT2D eigenvalue weighted by Gasteiger charge is 2.19. The summed E-state index contributed by atoms with van der Waals surface area (Å²) in [5.41, 5.74) is 5.32. The predicted octanol–water partition coefficient (Wildman–Crippen LogP) is 5.16. The Hall–Kier alpha value is -3.88. The Morgan fingerprint density at radius 1 is 1.14 bits per heavy atom. The number of aromatic nitrogens is 4. The van der Waals surface area contributed by atoms with Gasteiger partial charge < -0.3 is 15.4 Å². The van der Waals surface area contributed by atoms with Gasteiger partial charge in [-0.3, -0.25) is 14.2 Å². The summed E-state index contributed by atoms with van der Waals surface area (Å²) in [6.07, 6.45) is 11.5. The van der Waals surface area contributed by atoms with Gasteiger partial charge in [0.05, 0.1) is 29.6 Å². The Labute approximate surface area is 217 Å². The summed E-state index contributed by atoms with van der Waals surface area (Å²) in [5.74, 6) is 1.26. The Kier molecular flexibility index (Phi) is 8.77. The van der Waals surface area contributed by atoms with E-state index in [0.717, 1.165) is 46.7 Å². The number of fused-ring (bicyclic) bond motifs is 1. The van der Waals surface area contributed by atoms with E-state index in [4.69, 9.17) is 9.72 Å². The fraction of sp³-hybridized carbons (Fsp3) is 0.310. The predicted molar refractivity (Wildman–Crippen MR) is 147 cm³/mol. The van der Waals surface area contributed by atoms with Crippen molar-refractivity contribution in [3.8, 4) is 11.3 Å². The molecule has 1 amide bonds. The van der Waals surface area contributed by atoms with Gasteiger partial charge in [0.1, 0.15) is 11.6 Å². The van der Waals surface area contributed by atoms with Gasteiger partial charge in [0.2, 0.25) is 0 Å². The highest BCUT2D eigenvalue weighted by Crippen LogP contribution is 2.29. The van der Waals surface area contributed by atoms with Crippen LogP contribution in [0.5, 0.6) is 0 Å². The molecule has 0 aliphatic rings. The van der Waals surface area contributed by atoms with Crippen LogP contribution < -0.4 is 10.6 Å². The molecule has 3 heterocycles. The first-order chi connectivity index (χ1) is 18.0. The van der Waals surface area contributed by atoms with Gasteiger partial charge >= 0.3 is 0 Å². The Morgan fingerprint density at radius 3 is 2.70 bits per heavy atom. The van der Waals surface area contributed by atoms with Crippen LogP contribution in [-0.4, -0.2) is 45.5 Å². The van der Waals surface area contributed by atoms with Gasteiger partial charge in [0.25, 0.3) is 5.91 Å². The van der Waals surface area contributed by atoms with Gasteiger partial charge in [0.15, 0.2) is 0 Å². The van der Waals surface area contributed by atoms with E-state index in [1.54, 1.807) is 19.5 Å². The number of ether oxygens (including phenoxy) is 1. The van der Waals surface area contributed by atoms with Crippen LogP contribution in [-0.2, 0) is 11.2 Å². The van der Waals surface area contributed by atoms with Crippen LogP contribution in [0.4, 0.5) is 5.82 Å². The van der Waals surface area contributed by atoms with Crippen molar-refractivity contribution in [1.82, 2.24) is 24.7 Å². The molecular formula is C29H34N6O2. The number of methoxy groups -OCH3 is 1. The molecule has 1 atom stereocenters. The summed E-state index contributed by atoms with van der Waals surface area (Å²) in [4.78, 5) is 26.6. The third-order valence-electron chi connectivity index (χ3n) is 6.15. The van der Waals surface area contributed by atoms with E-state index in [1.807, 2.05) is 61.7 Å². The molecule has 2 N–H and O–H groups in total. The number of pyridine rings is 1. The van der Waals surface area contributed by atoms with Crippen LogP contribution in [0.1, 0.15) is 53.7 Å². The highest BCUT2D eigenvalue weighted by atomic mass is 16.5. The van der Waals surface area contributed by atoms with E-state index >= 15 is 0 Å². The largest absolute Gasteiger partial charge is 0.381 e. The second-order valence-corrected chi connectivity index (χ2v) is 8.94. The number of anilines is 1. The van der Waals surface area contributed by atoms with Crippen LogP contribution in [0.25, 0.3) is 16.8 Å². The van der Waals surface area contributed by atoms with Gasteiger partial charge in [-0.1, -0.05) is 37.6 Å². The number of hydrogen-bond donors (Lipinski definition) is 2. The fourth-order valence-corrected chi connectivity index (χ4v) is 4.26. The number of rotatable bonds is 11. The summed E-state index contributed by atoms with van der Waals surface area (Å²) in [6, 6.07) is 11.4. The molecular weight excluding hydrogens is 464 g/mol. The summed E-state index contributed by atoms with van der Waals surface area (Å²) in [7, 11) is 1.68. The zero-order valence-corrected chi connectivity index (χ0v) is 21.9. The summed E-state index contributed by atoms with van der Waals surface area (Å²) < 4.78 is 7.14. The van der Waals surface area contributed by atoms with Crippen LogP contribution in [0.2, 0.25) is 0 Å². The Balaban J connectivity index is 1.56. The zero-order chi connectivity index (χ0) is 26.2. The lowest BCUT2D eigenvalue weighted by molar-refractivity contribution is 0.102. The van der Waals surface area contributed by atoms with E-state index in [-0.39, 0.29) is 11.9 Å². The molecule has 8 nitrogen and oxygen atoms in total. The van der Waals surface area contributed by atoms with Crippen molar-refractivity contribution < 1.29 is 9.53 Å². The molecule has 0 aliphatic carbocycles. The number of nitrogens with one attached hydrogen (secondary N) is 2. The number of carbonyl (C=O) groups is 1. The normalized spacial score (nSPS) is 12.3. The van der Waals surface area contributed by atoms with Crippen molar-refractivity contribution in [2.45, 2.75) is 39.7 Å². The van der Waals surface area contributed by atoms with Crippen molar-refractivity contribution in [3.05, 3.63) is 89.8 Å². The standard InChI is InChI=1S/C29H34N6O2/c1-5-8-22-13-15-32-25(19-22)33-29(36)24-11-9-23(10-12-24)26-27-20(2)31-16-17-35(27)28(34-26)21(3)30-14-6-7-18-37-4/h6-7,9-13,15-17,19,21,30H,5,8,14,18H2,1-4H3,(H,32,33,36)/b7-6+/t21-/m0/s1. The molecule has 8 heteroatoms. The smallest absolute Gasteiger partial charge is 0.256 e. The average Bonchev–Trinajstić information content (AvgIpc) is 3.30. The monoisotopic (exact) mass is 498 g/mol. The lowest BCUT2D eigenvalue weighted by atomic mass is 10.1. The topological polar surface area (TPSA) is 93.4 Å². The summed E-state index contributed by atoms with van der Waals surface area (Å²) >= 11 is 0. The average molecular weight is 499 g/mol. The second kappa shape index (κ2) is 12.4. The number of hydrogen-bond acceptors (Lipinski definition) is 6. The number of imidazole rings is 1. The molecule has 37 heavy (non-hydrogen) atoms. The van der Waals surface area contributed by atoms with Crippen molar-refractivity contribution in [3.63, 3.8) is 0 Å². The van der Waals surface area contributed by atoms with E-state index in [2.05, 4.69) is 38.8 Å². The first-order valence-electron chi connectivity index (χ1n) is 12.6. The third-order valence-corrected chi connectivity index (χ3v) is 6.15. The molecule has 3 aromatic heterocycles. The number of nitrogens with zero attached hydrogens (tertiary/aromatic N) is 4. The SMILES string of the molecule is CCCc1ccnc(NC(=O)c2ccc(-c3nc([C@H](C)NC/C=C/COC)n4ccnc(C)c34)cc2)c1. The molecule has 0 unspecified atom stereocenters. The zero-order valence-electron chi connectivity index (χ0n) is 21.9. The lowest BCUT2D eigenvalue weighted by Gasteiger charge is -2.11. The molecule has 0 bridgehead atoms. The quantitative estimate of drug-likeness (QED) is 0.278. The maximum atomic E-state index is 12.9. The van der Waals surface area contributed by atoms with Gasteiger partial charge in [-0.15, -0.1) is 0 Å². The van der Waals surface area contributed by atoms with Crippen LogP contribution in [0.15, 0.2) is 67.1 Å². The number of carbonyl (C=O) groups excluding carboxylic acids is 1. The molecule has 192 valence electrons. The minimum Gasteiger partial charge on any atom is -0.381 e. The van der Waals surface area contributed by atoms with Crippen molar-refractivity contribution in [2.75, 3.05) is 25.6 Å². The van der Waals surface area contributed by atoms with Crippen molar-refractivity contribution in [2.24, 2.45) is 0 Å². The maximum absolute atomic E-state index is 12.9. The van der Waals surface area contributed by atoms with Gasteiger partial charge in [-0.2, -0.15) is 0 Å². The van der Waals surface area contributed by atoms with Crippen LogP contribution >= 0.6 is 0 Å². The molecule has 0 fully saturated rings. The third kappa shape index (κ3) is 6.28. The molecule has 4 rings (SSSR count). The Morgan fingerprint density at radius 2 is 1.95 bits per heavy atom. The molecule has 0 aliphatic heterocycles. The summed E-state index contributed by atoms with van der Waals surface area (Å²) in [5, 5.41) is 6.39. The Bertz CT molecular complexity index is 1380. The number of amides is 1. The van der Waals surface area contributed by atoms with Gasteiger partial charge in [-0.05, 0) is 50.1 Å². The van der Waals surface area contributed by atoms with Crippen LogP contribution in [0.3, 0.4) is 0 Å². The molecule has 0 radical (unpaired) electrons. The first kappa shape index (κ1) is 26.2. The number of aryl methyl sites for hydroxylation is 2. The van der Waals surface area contributed by atoms with Crippen molar-refractivity contribution >= 4 is 17.2 Å². The molecule has 0 saturated heterocycles. The minimum atomic E-state index is -0.194. The molecule has 4 aromatic rings. The molecule has 0 spiro atoms. The van der Waals surface area contributed by atoms with Gasteiger partial charge in [-0.25, -0.2) is 9.97 Å². The first-order valence-corrected chi connectivity index (χ1v) is 12.6. The highest BCUT2D eigenvalue weighted by molar-refractivity contribution is 6.04. The van der Waals surface area contributed by atoms with E-state index < -0.39 is 0 Å². The molecule has 0 saturated carbocycles.